The molecule has 1 aromatic carbocycles. The van der Waals surface area contributed by atoms with E-state index in [2.05, 4.69) is 6.07 Å². The molecule has 5 heteroatoms. The van der Waals surface area contributed by atoms with E-state index in [1.54, 1.807) is 33.5 Å². The van der Waals surface area contributed by atoms with Gasteiger partial charge in [-0.25, -0.2) is 4.79 Å². The van der Waals surface area contributed by atoms with Crippen LogP contribution in [0.5, 0.6) is 5.75 Å². The zero-order chi connectivity index (χ0) is 15.2. The lowest BCUT2D eigenvalue weighted by atomic mass is 10.2. The largest absolute Gasteiger partial charge is 0.493 e. The Balaban J connectivity index is 1.85. The molecule has 0 radical (unpaired) electrons. The summed E-state index contributed by atoms with van der Waals surface area (Å²) in [5, 5.41) is 8.81. The first kappa shape index (κ1) is 14.9. The van der Waals surface area contributed by atoms with Crippen molar-refractivity contribution in [3.63, 3.8) is 0 Å². The van der Waals surface area contributed by atoms with Crippen LogP contribution < -0.4 is 10.4 Å². The van der Waals surface area contributed by atoms with Gasteiger partial charge in [0.05, 0.1) is 18.2 Å². The average Bonchev–Trinajstić information content (AvgIpc) is 2.85. The van der Waals surface area contributed by atoms with Crippen LogP contribution in [0.2, 0.25) is 0 Å². The van der Waals surface area contributed by atoms with E-state index in [0.717, 1.165) is 6.42 Å². The molecular formula is C16H19N3O2. The molecule has 0 aliphatic carbocycles. The second kappa shape index (κ2) is 6.80. The quantitative estimate of drug-likeness (QED) is 0.766. The van der Waals surface area contributed by atoms with Crippen LogP contribution in [0.4, 0.5) is 0 Å². The lowest BCUT2D eigenvalue weighted by Gasteiger charge is -2.07. The number of hydrogen-bond acceptors (Lipinski definition) is 3. The summed E-state index contributed by atoms with van der Waals surface area (Å²) in [6.07, 6.45) is 4.35. The van der Waals surface area contributed by atoms with Crippen LogP contribution in [0.1, 0.15) is 31.9 Å². The first-order valence-electron chi connectivity index (χ1n) is 7.02. The Hall–Kier alpha value is -2.48. The molecule has 1 aromatic heterocycles. The van der Waals surface area contributed by atoms with Gasteiger partial charge in [-0.1, -0.05) is 6.07 Å². The van der Waals surface area contributed by atoms with Gasteiger partial charge in [-0.15, -0.1) is 0 Å². The maximum Gasteiger partial charge on any atom is 0.328 e. The SMILES string of the molecule is CC(C)n1ccn(CCCOc2cccc(C#N)c2)c1=O. The normalized spacial score (nSPS) is 10.6. The Morgan fingerprint density at radius 2 is 2.14 bits per heavy atom. The monoisotopic (exact) mass is 285 g/mol. The van der Waals surface area contributed by atoms with E-state index < -0.39 is 0 Å². The first-order valence-corrected chi connectivity index (χ1v) is 7.02. The average molecular weight is 285 g/mol. The molecule has 0 spiro atoms. The molecule has 0 amide bonds. The predicted molar refractivity (Wildman–Crippen MR) is 80.3 cm³/mol. The van der Waals surface area contributed by atoms with Crippen molar-refractivity contribution in [2.45, 2.75) is 32.9 Å². The molecule has 0 atom stereocenters. The molecule has 0 unspecified atom stereocenters. The summed E-state index contributed by atoms with van der Waals surface area (Å²) in [4.78, 5) is 12.0. The minimum absolute atomic E-state index is 0.0106. The fourth-order valence-electron chi connectivity index (χ4n) is 2.07. The highest BCUT2D eigenvalue weighted by Crippen LogP contribution is 2.12. The molecule has 0 N–H and O–H groups in total. The molecule has 0 aliphatic heterocycles. The van der Waals surface area contributed by atoms with Crippen molar-refractivity contribution in [2.24, 2.45) is 0 Å². The van der Waals surface area contributed by atoms with Crippen LogP contribution >= 0.6 is 0 Å². The number of nitriles is 1. The van der Waals surface area contributed by atoms with Crippen LogP contribution in [-0.4, -0.2) is 15.7 Å². The van der Waals surface area contributed by atoms with Crippen molar-refractivity contribution in [3.8, 4) is 11.8 Å². The summed E-state index contributed by atoms with van der Waals surface area (Å²) in [5.41, 5.74) is 0.592. The van der Waals surface area contributed by atoms with E-state index in [9.17, 15) is 4.79 Å². The van der Waals surface area contributed by atoms with E-state index in [1.807, 2.05) is 26.1 Å². The molecule has 2 rings (SSSR count). The van der Waals surface area contributed by atoms with Gasteiger partial charge in [0, 0.05) is 25.0 Å². The van der Waals surface area contributed by atoms with Gasteiger partial charge in [0.2, 0.25) is 0 Å². The maximum absolute atomic E-state index is 12.0. The molecule has 0 fully saturated rings. The number of rotatable bonds is 6. The van der Waals surface area contributed by atoms with E-state index in [0.29, 0.717) is 24.5 Å². The second-order valence-electron chi connectivity index (χ2n) is 5.12. The van der Waals surface area contributed by atoms with Gasteiger partial charge in [0.1, 0.15) is 5.75 Å². The molecule has 21 heavy (non-hydrogen) atoms. The standard InChI is InChI=1S/C16H19N3O2/c1-13(2)19-9-8-18(16(19)20)7-4-10-21-15-6-3-5-14(11-15)12-17/h3,5-6,8-9,11,13H,4,7,10H2,1-2H3. The number of hydrogen-bond donors (Lipinski definition) is 0. The van der Waals surface area contributed by atoms with Crippen LogP contribution in [0.25, 0.3) is 0 Å². The summed E-state index contributed by atoms with van der Waals surface area (Å²) in [6, 6.07) is 9.31. The number of benzene rings is 1. The van der Waals surface area contributed by atoms with E-state index in [-0.39, 0.29) is 11.7 Å². The van der Waals surface area contributed by atoms with Gasteiger partial charge in [0.15, 0.2) is 0 Å². The van der Waals surface area contributed by atoms with Crippen LogP contribution in [0.3, 0.4) is 0 Å². The Labute approximate surface area is 124 Å². The maximum atomic E-state index is 12.0. The summed E-state index contributed by atoms with van der Waals surface area (Å²) >= 11 is 0. The van der Waals surface area contributed by atoms with Crippen LogP contribution in [0, 0.1) is 11.3 Å². The van der Waals surface area contributed by atoms with Gasteiger partial charge in [0.25, 0.3) is 0 Å². The number of aryl methyl sites for hydroxylation is 1. The second-order valence-corrected chi connectivity index (χ2v) is 5.12. The fourth-order valence-corrected chi connectivity index (χ4v) is 2.07. The minimum Gasteiger partial charge on any atom is -0.493 e. The Kier molecular flexibility index (Phi) is 4.83. The van der Waals surface area contributed by atoms with Crippen LogP contribution in [0.15, 0.2) is 41.5 Å². The zero-order valence-electron chi connectivity index (χ0n) is 12.3. The lowest BCUT2D eigenvalue weighted by molar-refractivity contribution is 0.300. The molecule has 5 nitrogen and oxygen atoms in total. The number of ether oxygens (including phenoxy) is 1. The van der Waals surface area contributed by atoms with Crippen molar-refractivity contribution >= 4 is 0 Å². The van der Waals surface area contributed by atoms with Gasteiger partial charge >= 0.3 is 5.69 Å². The Bertz CT molecular complexity index is 692. The molecular weight excluding hydrogens is 266 g/mol. The Morgan fingerprint density at radius 1 is 1.33 bits per heavy atom. The Morgan fingerprint density at radius 3 is 2.81 bits per heavy atom. The highest BCUT2D eigenvalue weighted by molar-refractivity contribution is 5.36. The molecule has 0 saturated carbocycles. The number of imidazole rings is 1. The lowest BCUT2D eigenvalue weighted by Crippen LogP contribution is -2.25. The molecule has 110 valence electrons. The topological polar surface area (TPSA) is 59.9 Å². The van der Waals surface area contributed by atoms with E-state index in [4.69, 9.17) is 10.00 Å². The van der Waals surface area contributed by atoms with Crippen LogP contribution in [-0.2, 0) is 6.54 Å². The van der Waals surface area contributed by atoms with E-state index >= 15 is 0 Å². The third-order valence-corrected chi connectivity index (χ3v) is 3.21. The van der Waals surface area contributed by atoms with Gasteiger partial charge in [-0.05, 0) is 38.5 Å². The summed E-state index contributed by atoms with van der Waals surface area (Å²) in [6.45, 7) is 5.10. The minimum atomic E-state index is 0.0106. The smallest absolute Gasteiger partial charge is 0.328 e. The summed E-state index contributed by atoms with van der Waals surface area (Å²) in [7, 11) is 0. The van der Waals surface area contributed by atoms with Gasteiger partial charge in [-0.2, -0.15) is 5.26 Å². The molecule has 0 bridgehead atoms. The predicted octanol–water partition coefficient (Wildman–Crippen LogP) is 2.57. The van der Waals surface area contributed by atoms with Crippen molar-refractivity contribution in [1.29, 1.82) is 5.26 Å². The van der Waals surface area contributed by atoms with Crippen molar-refractivity contribution in [2.75, 3.05) is 6.61 Å². The highest BCUT2D eigenvalue weighted by Gasteiger charge is 2.05. The number of nitrogens with zero attached hydrogens (tertiary/aromatic N) is 3. The zero-order valence-corrected chi connectivity index (χ0v) is 12.3. The molecule has 0 aliphatic rings. The number of aromatic nitrogens is 2. The summed E-state index contributed by atoms with van der Waals surface area (Å²) in [5.74, 6) is 0.682. The molecule has 2 aromatic rings. The van der Waals surface area contributed by atoms with E-state index in [1.165, 1.54) is 0 Å². The van der Waals surface area contributed by atoms with Gasteiger partial charge < -0.3 is 4.74 Å². The third-order valence-electron chi connectivity index (χ3n) is 3.21. The highest BCUT2D eigenvalue weighted by atomic mass is 16.5. The third kappa shape index (κ3) is 3.76. The van der Waals surface area contributed by atoms with Crippen molar-refractivity contribution < 1.29 is 4.74 Å². The van der Waals surface area contributed by atoms with Gasteiger partial charge in [-0.3, -0.25) is 9.13 Å². The molecule has 1 heterocycles. The van der Waals surface area contributed by atoms with Crippen molar-refractivity contribution in [1.82, 2.24) is 9.13 Å². The molecule has 0 saturated heterocycles. The fraction of sp³-hybridized carbons (Fsp3) is 0.375. The first-order chi connectivity index (χ1) is 10.1. The van der Waals surface area contributed by atoms with Crippen molar-refractivity contribution in [3.05, 3.63) is 52.7 Å². The summed E-state index contributed by atoms with van der Waals surface area (Å²) < 4.78 is 8.99.